The Hall–Kier alpha value is -0.520. The Bertz CT molecular complexity index is 396. The number of hydrogen-bond acceptors (Lipinski definition) is 0. The average molecular weight is 228 g/mol. The predicted octanol–water partition coefficient (Wildman–Crippen LogP) is 4.58. The van der Waals surface area contributed by atoms with Crippen molar-refractivity contribution < 1.29 is 0 Å². The van der Waals surface area contributed by atoms with Gasteiger partial charge in [0.05, 0.1) is 0 Å². The molecule has 0 aromatic carbocycles. The smallest absolute Gasteiger partial charge is 0.0285 e. The Kier molecular flexibility index (Phi) is 2.14. The molecule has 5 rings (SSSR count). The zero-order valence-corrected chi connectivity index (χ0v) is 11.2. The van der Waals surface area contributed by atoms with Crippen LogP contribution in [0.1, 0.15) is 46.0 Å². The summed E-state index contributed by atoms with van der Waals surface area (Å²) in [5, 5.41) is 0. The molecule has 0 amide bonds. The Labute approximate surface area is 105 Å². The van der Waals surface area contributed by atoms with Crippen LogP contribution in [0, 0.1) is 35.5 Å². The first kappa shape index (κ1) is 10.4. The molecule has 0 radical (unpaired) electrons. The van der Waals surface area contributed by atoms with E-state index < -0.39 is 0 Å². The monoisotopic (exact) mass is 228 g/mol. The van der Waals surface area contributed by atoms with Crippen molar-refractivity contribution in [1.29, 1.82) is 0 Å². The zero-order valence-electron chi connectivity index (χ0n) is 11.2. The summed E-state index contributed by atoms with van der Waals surface area (Å²) in [6, 6.07) is 0. The molecule has 0 aromatic heterocycles. The standard InChI is InChI=1S/C17H24/c1-10(2)4-3-5-11-6-7-12-13-9-15-16(12)17(15)14(13)8-11/h4,6,12-17H,3,5,7-9H2,1-2H3/t12-,13-,14+,15-,16+,17-/m0/s1. The van der Waals surface area contributed by atoms with E-state index in [1.54, 1.807) is 12.0 Å². The van der Waals surface area contributed by atoms with Crippen molar-refractivity contribution in [2.24, 2.45) is 35.5 Å². The molecule has 6 atom stereocenters. The zero-order chi connectivity index (χ0) is 11.6. The summed E-state index contributed by atoms with van der Waals surface area (Å²) in [4.78, 5) is 0. The van der Waals surface area contributed by atoms with Crippen LogP contribution in [0.4, 0.5) is 0 Å². The molecule has 0 heteroatoms. The lowest BCUT2D eigenvalue weighted by molar-refractivity contribution is 0.344. The minimum atomic E-state index is 1.12. The molecule has 4 saturated carbocycles. The molecule has 6 bridgehead atoms. The van der Waals surface area contributed by atoms with Gasteiger partial charge in [0.1, 0.15) is 0 Å². The van der Waals surface area contributed by atoms with Gasteiger partial charge in [-0.1, -0.05) is 23.3 Å². The molecule has 0 aliphatic heterocycles. The van der Waals surface area contributed by atoms with Gasteiger partial charge >= 0.3 is 0 Å². The van der Waals surface area contributed by atoms with Crippen LogP contribution in [0.15, 0.2) is 23.3 Å². The molecule has 0 aromatic rings. The molecule has 5 aliphatic carbocycles. The molecular formula is C17H24. The second-order valence-electron chi connectivity index (χ2n) is 7.17. The first-order valence-corrected chi connectivity index (χ1v) is 7.57. The molecule has 0 nitrogen and oxygen atoms in total. The first-order valence-electron chi connectivity index (χ1n) is 7.57. The van der Waals surface area contributed by atoms with Crippen molar-refractivity contribution in [2.75, 3.05) is 0 Å². The van der Waals surface area contributed by atoms with Crippen LogP contribution in [-0.2, 0) is 0 Å². The summed E-state index contributed by atoms with van der Waals surface area (Å²) in [6.45, 7) is 4.43. The lowest BCUT2D eigenvalue weighted by Crippen LogP contribution is -2.09. The number of rotatable bonds is 3. The Morgan fingerprint density at radius 3 is 2.76 bits per heavy atom. The fourth-order valence-electron chi connectivity index (χ4n) is 5.56. The van der Waals surface area contributed by atoms with Crippen LogP contribution < -0.4 is 0 Å². The van der Waals surface area contributed by atoms with E-state index in [9.17, 15) is 0 Å². The van der Waals surface area contributed by atoms with Gasteiger partial charge in [-0.25, -0.2) is 0 Å². The maximum Gasteiger partial charge on any atom is -0.0285 e. The van der Waals surface area contributed by atoms with Crippen molar-refractivity contribution in [3.63, 3.8) is 0 Å². The van der Waals surface area contributed by atoms with Crippen LogP contribution in [0.2, 0.25) is 0 Å². The summed E-state index contributed by atoms with van der Waals surface area (Å²) < 4.78 is 0. The van der Waals surface area contributed by atoms with Gasteiger partial charge in [0, 0.05) is 0 Å². The quantitative estimate of drug-likeness (QED) is 0.620. The predicted molar refractivity (Wildman–Crippen MR) is 71.5 cm³/mol. The second-order valence-corrected chi connectivity index (χ2v) is 7.17. The SMILES string of the molecule is CC(C)=CCCC1=CC[C@H]2[C@@H]3C[C@@H]4[C@H]([C@@H]3C1)[C@@H]42. The molecule has 0 unspecified atom stereocenters. The first-order chi connectivity index (χ1) is 8.25. The number of hydrogen-bond donors (Lipinski definition) is 0. The van der Waals surface area contributed by atoms with Crippen LogP contribution in [-0.4, -0.2) is 0 Å². The summed E-state index contributed by atoms with van der Waals surface area (Å²) in [5.74, 6) is 6.97. The van der Waals surface area contributed by atoms with Crippen LogP contribution >= 0.6 is 0 Å². The van der Waals surface area contributed by atoms with E-state index >= 15 is 0 Å². The Morgan fingerprint density at radius 1 is 1.18 bits per heavy atom. The summed E-state index contributed by atoms with van der Waals surface area (Å²) in [7, 11) is 0. The molecule has 0 saturated heterocycles. The van der Waals surface area contributed by atoms with Gasteiger partial charge in [0.25, 0.3) is 0 Å². The summed E-state index contributed by atoms with van der Waals surface area (Å²) in [6.07, 6.45) is 12.2. The van der Waals surface area contributed by atoms with Crippen molar-refractivity contribution in [3.8, 4) is 0 Å². The highest BCUT2D eigenvalue weighted by Gasteiger charge is 2.72. The van der Waals surface area contributed by atoms with Gasteiger partial charge in [0.15, 0.2) is 0 Å². The van der Waals surface area contributed by atoms with Crippen molar-refractivity contribution >= 4 is 0 Å². The maximum atomic E-state index is 2.63. The van der Waals surface area contributed by atoms with Crippen molar-refractivity contribution in [3.05, 3.63) is 23.3 Å². The van der Waals surface area contributed by atoms with E-state index in [0.717, 1.165) is 17.8 Å². The third-order valence-corrected chi connectivity index (χ3v) is 6.12. The topological polar surface area (TPSA) is 0 Å². The highest BCUT2D eigenvalue weighted by atomic mass is 14.8. The lowest BCUT2D eigenvalue weighted by Gasteiger charge is -2.16. The molecule has 17 heavy (non-hydrogen) atoms. The fraction of sp³-hybridized carbons (Fsp3) is 0.765. The lowest BCUT2D eigenvalue weighted by atomic mass is 9.88. The van der Waals surface area contributed by atoms with Gasteiger partial charge < -0.3 is 0 Å². The largest absolute Gasteiger partial charge is 0.0856 e. The minimum Gasteiger partial charge on any atom is -0.0856 e. The molecule has 0 spiro atoms. The van der Waals surface area contributed by atoms with Gasteiger partial charge in [0.2, 0.25) is 0 Å². The molecule has 5 aliphatic rings. The van der Waals surface area contributed by atoms with E-state index in [4.69, 9.17) is 0 Å². The third kappa shape index (κ3) is 1.42. The summed E-state index contributed by atoms with van der Waals surface area (Å²) >= 11 is 0. The van der Waals surface area contributed by atoms with Crippen LogP contribution in [0.5, 0.6) is 0 Å². The van der Waals surface area contributed by atoms with E-state index in [1.807, 2.05) is 0 Å². The normalized spacial score (nSPS) is 48.7. The van der Waals surface area contributed by atoms with Crippen molar-refractivity contribution in [1.82, 2.24) is 0 Å². The van der Waals surface area contributed by atoms with E-state index in [0.29, 0.717) is 0 Å². The highest BCUT2D eigenvalue weighted by Crippen LogP contribution is 2.78. The molecule has 0 N–H and O–H groups in total. The van der Waals surface area contributed by atoms with Crippen LogP contribution in [0.25, 0.3) is 0 Å². The van der Waals surface area contributed by atoms with E-state index in [1.165, 1.54) is 49.0 Å². The summed E-state index contributed by atoms with van der Waals surface area (Å²) in [5.41, 5.74) is 3.27. The molecule has 4 fully saturated rings. The third-order valence-electron chi connectivity index (χ3n) is 6.12. The molecule has 0 heterocycles. The minimum absolute atomic E-state index is 1.12. The van der Waals surface area contributed by atoms with Gasteiger partial charge in [-0.2, -0.15) is 0 Å². The van der Waals surface area contributed by atoms with Gasteiger partial charge in [-0.15, -0.1) is 0 Å². The Balaban J connectivity index is 1.44. The van der Waals surface area contributed by atoms with Gasteiger partial charge in [-0.3, -0.25) is 0 Å². The van der Waals surface area contributed by atoms with E-state index in [-0.39, 0.29) is 0 Å². The molecule has 92 valence electrons. The van der Waals surface area contributed by atoms with Gasteiger partial charge in [-0.05, 0) is 81.5 Å². The average Bonchev–Trinajstić information content (AvgIpc) is 2.57. The Morgan fingerprint density at radius 2 is 2.00 bits per heavy atom. The highest BCUT2D eigenvalue weighted by molar-refractivity contribution is 5.26. The molecular weight excluding hydrogens is 204 g/mol. The van der Waals surface area contributed by atoms with Crippen molar-refractivity contribution in [2.45, 2.75) is 46.0 Å². The van der Waals surface area contributed by atoms with E-state index in [2.05, 4.69) is 26.0 Å². The van der Waals surface area contributed by atoms with Crippen LogP contribution in [0.3, 0.4) is 0 Å². The fourth-order valence-corrected chi connectivity index (χ4v) is 5.56. The number of allylic oxidation sites excluding steroid dienone is 4. The second kappa shape index (κ2) is 3.49. The maximum absolute atomic E-state index is 2.63.